The monoisotopic (exact) mass is 473 g/mol. The molecule has 0 radical (unpaired) electrons. The Labute approximate surface area is 210 Å². The van der Waals surface area contributed by atoms with E-state index in [1.54, 1.807) is 0 Å². The van der Waals surface area contributed by atoms with E-state index in [1.165, 1.54) is 0 Å². The molecule has 0 saturated heterocycles. The highest BCUT2D eigenvalue weighted by Crippen LogP contribution is 2.31. The SMILES string of the molecule is CCN(CC)c1ccc2nc(-c3ccc(-c4ccc(-c5nc6ccc(C)cc6o5)cc4)cc3)oc2c1. The standard InChI is InChI=1S/C31H27N3O2/c1-4-34(5-2)25-15-17-27-29(19-25)36-31(33-27)24-13-9-22(10-14-24)21-7-11-23(12-8-21)30-32-26-16-6-20(3)18-28(26)35-30/h6-19H,4-5H2,1-3H3. The Hall–Kier alpha value is -4.38. The summed E-state index contributed by atoms with van der Waals surface area (Å²) in [6.45, 7) is 8.28. The second-order valence-corrected chi connectivity index (χ2v) is 8.99. The summed E-state index contributed by atoms with van der Waals surface area (Å²) in [4.78, 5) is 11.6. The van der Waals surface area contributed by atoms with Crippen LogP contribution in [0.1, 0.15) is 19.4 Å². The predicted octanol–water partition coefficient (Wildman–Crippen LogP) is 8.12. The number of aryl methyl sites for hydroxylation is 1. The minimum atomic E-state index is 0.634. The molecule has 0 aliphatic carbocycles. The number of oxazole rings is 2. The number of rotatable bonds is 6. The van der Waals surface area contributed by atoms with Gasteiger partial charge in [0.05, 0.1) is 0 Å². The van der Waals surface area contributed by atoms with E-state index in [0.29, 0.717) is 11.8 Å². The summed E-state index contributed by atoms with van der Waals surface area (Å²) in [6.07, 6.45) is 0. The molecule has 178 valence electrons. The van der Waals surface area contributed by atoms with Crippen LogP contribution in [0.5, 0.6) is 0 Å². The normalized spacial score (nSPS) is 11.4. The Morgan fingerprint density at radius 2 is 1.06 bits per heavy atom. The van der Waals surface area contributed by atoms with E-state index in [2.05, 4.69) is 91.3 Å². The fourth-order valence-corrected chi connectivity index (χ4v) is 4.59. The van der Waals surface area contributed by atoms with Crippen LogP contribution in [0.2, 0.25) is 0 Å². The van der Waals surface area contributed by atoms with E-state index in [9.17, 15) is 0 Å². The number of hydrogen-bond donors (Lipinski definition) is 0. The maximum atomic E-state index is 6.12. The largest absolute Gasteiger partial charge is 0.436 e. The van der Waals surface area contributed by atoms with Gasteiger partial charge in [-0.2, -0.15) is 0 Å². The Morgan fingerprint density at radius 1 is 0.583 bits per heavy atom. The molecule has 0 spiro atoms. The van der Waals surface area contributed by atoms with Gasteiger partial charge in [-0.15, -0.1) is 0 Å². The van der Waals surface area contributed by atoms with Crippen LogP contribution in [0.4, 0.5) is 5.69 Å². The Bertz CT molecular complexity index is 1660. The third-order valence-electron chi connectivity index (χ3n) is 6.64. The van der Waals surface area contributed by atoms with Crippen LogP contribution in [-0.4, -0.2) is 23.1 Å². The van der Waals surface area contributed by atoms with Crippen LogP contribution in [-0.2, 0) is 0 Å². The molecular weight excluding hydrogens is 446 g/mol. The molecule has 6 rings (SSSR count). The smallest absolute Gasteiger partial charge is 0.227 e. The molecule has 4 aromatic carbocycles. The molecule has 0 unspecified atom stereocenters. The van der Waals surface area contributed by atoms with Crippen molar-refractivity contribution in [3.63, 3.8) is 0 Å². The number of fused-ring (bicyclic) bond motifs is 2. The zero-order valence-electron chi connectivity index (χ0n) is 20.7. The van der Waals surface area contributed by atoms with Gasteiger partial charge in [-0.05, 0) is 86.0 Å². The molecule has 0 saturated carbocycles. The van der Waals surface area contributed by atoms with Crippen LogP contribution in [0.15, 0.2) is 93.8 Å². The molecule has 6 aromatic rings. The highest BCUT2D eigenvalue weighted by Gasteiger charge is 2.12. The summed E-state index contributed by atoms with van der Waals surface area (Å²) in [5.74, 6) is 1.27. The van der Waals surface area contributed by atoms with Crippen molar-refractivity contribution in [2.45, 2.75) is 20.8 Å². The molecule has 2 heterocycles. The molecule has 0 atom stereocenters. The molecule has 5 nitrogen and oxygen atoms in total. The summed E-state index contributed by atoms with van der Waals surface area (Å²) < 4.78 is 12.1. The minimum Gasteiger partial charge on any atom is -0.436 e. The van der Waals surface area contributed by atoms with Gasteiger partial charge in [0.15, 0.2) is 11.2 Å². The molecular formula is C31H27N3O2. The fourth-order valence-electron chi connectivity index (χ4n) is 4.59. The van der Waals surface area contributed by atoms with Crippen LogP contribution >= 0.6 is 0 Å². The molecule has 0 N–H and O–H groups in total. The van der Waals surface area contributed by atoms with Crippen molar-refractivity contribution in [3.8, 4) is 34.0 Å². The van der Waals surface area contributed by atoms with Crippen LogP contribution in [0.3, 0.4) is 0 Å². The summed E-state index contributed by atoms with van der Waals surface area (Å²) in [6, 6.07) is 28.9. The van der Waals surface area contributed by atoms with E-state index < -0.39 is 0 Å². The van der Waals surface area contributed by atoms with Crippen molar-refractivity contribution in [2.24, 2.45) is 0 Å². The molecule has 5 heteroatoms. The van der Waals surface area contributed by atoms with Gasteiger partial charge in [0.2, 0.25) is 11.8 Å². The van der Waals surface area contributed by atoms with Crippen LogP contribution in [0, 0.1) is 6.92 Å². The number of hydrogen-bond acceptors (Lipinski definition) is 5. The topological polar surface area (TPSA) is 55.3 Å². The van der Waals surface area contributed by atoms with Crippen molar-refractivity contribution in [3.05, 3.63) is 90.5 Å². The van der Waals surface area contributed by atoms with Gasteiger partial charge in [0.25, 0.3) is 0 Å². The van der Waals surface area contributed by atoms with Crippen LogP contribution in [0.25, 0.3) is 56.2 Å². The van der Waals surface area contributed by atoms with Crippen molar-refractivity contribution >= 4 is 27.9 Å². The van der Waals surface area contributed by atoms with E-state index in [-0.39, 0.29) is 0 Å². The second kappa shape index (κ2) is 9.00. The lowest BCUT2D eigenvalue weighted by molar-refractivity contribution is 0.619. The summed E-state index contributed by atoms with van der Waals surface area (Å²) in [7, 11) is 0. The summed E-state index contributed by atoms with van der Waals surface area (Å²) >= 11 is 0. The molecule has 0 aliphatic rings. The average molecular weight is 474 g/mol. The Balaban J connectivity index is 1.24. The predicted molar refractivity (Wildman–Crippen MR) is 146 cm³/mol. The molecule has 36 heavy (non-hydrogen) atoms. The maximum Gasteiger partial charge on any atom is 0.227 e. The van der Waals surface area contributed by atoms with Gasteiger partial charge in [-0.3, -0.25) is 0 Å². The number of benzene rings is 4. The third-order valence-corrected chi connectivity index (χ3v) is 6.64. The highest BCUT2D eigenvalue weighted by atomic mass is 16.4. The van der Waals surface area contributed by atoms with Crippen molar-refractivity contribution in [2.75, 3.05) is 18.0 Å². The fraction of sp³-hybridized carbons (Fsp3) is 0.161. The van der Waals surface area contributed by atoms with Gasteiger partial charge >= 0.3 is 0 Å². The van der Waals surface area contributed by atoms with Gasteiger partial charge < -0.3 is 13.7 Å². The zero-order valence-corrected chi connectivity index (χ0v) is 20.7. The first-order valence-electron chi connectivity index (χ1n) is 12.4. The molecule has 2 aromatic heterocycles. The molecule has 0 fully saturated rings. The lowest BCUT2D eigenvalue weighted by Crippen LogP contribution is -2.21. The molecule has 0 bridgehead atoms. The molecule has 0 aliphatic heterocycles. The summed E-state index contributed by atoms with van der Waals surface area (Å²) in [5, 5.41) is 0. The summed E-state index contributed by atoms with van der Waals surface area (Å²) in [5.41, 5.74) is 9.84. The van der Waals surface area contributed by atoms with Crippen molar-refractivity contribution < 1.29 is 8.83 Å². The van der Waals surface area contributed by atoms with E-state index in [1.807, 2.05) is 24.3 Å². The first-order chi connectivity index (χ1) is 17.6. The number of nitrogens with zero attached hydrogens (tertiary/aromatic N) is 3. The van der Waals surface area contributed by atoms with E-state index in [0.717, 1.165) is 68.8 Å². The van der Waals surface area contributed by atoms with Crippen molar-refractivity contribution in [1.82, 2.24) is 9.97 Å². The Morgan fingerprint density at radius 3 is 1.58 bits per heavy atom. The first kappa shape index (κ1) is 22.1. The maximum absolute atomic E-state index is 6.12. The number of anilines is 1. The highest BCUT2D eigenvalue weighted by molar-refractivity contribution is 5.81. The quantitative estimate of drug-likeness (QED) is 0.244. The first-order valence-corrected chi connectivity index (χ1v) is 12.4. The van der Waals surface area contributed by atoms with Crippen molar-refractivity contribution in [1.29, 1.82) is 0 Å². The van der Waals surface area contributed by atoms with E-state index in [4.69, 9.17) is 13.8 Å². The van der Waals surface area contributed by atoms with E-state index >= 15 is 0 Å². The second-order valence-electron chi connectivity index (χ2n) is 8.99. The van der Waals surface area contributed by atoms with Gasteiger partial charge in [0, 0.05) is 36.0 Å². The lowest BCUT2D eigenvalue weighted by atomic mass is 10.0. The average Bonchev–Trinajstić information content (AvgIpc) is 3.53. The third kappa shape index (κ3) is 4.03. The van der Waals surface area contributed by atoms with Gasteiger partial charge in [0.1, 0.15) is 11.0 Å². The zero-order chi connectivity index (χ0) is 24.6. The molecule has 0 amide bonds. The van der Waals surface area contributed by atoms with Gasteiger partial charge in [-0.1, -0.05) is 30.3 Å². The minimum absolute atomic E-state index is 0.634. The number of aromatic nitrogens is 2. The van der Waals surface area contributed by atoms with Crippen LogP contribution < -0.4 is 4.90 Å². The lowest BCUT2D eigenvalue weighted by Gasteiger charge is -2.20. The Kier molecular flexibility index (Phi) is 5.53. The van der Waals surface area contributed by atoms with Gasteiger partial charge in [-0.25, -0.2) is 9.97 Å².